The summed E-state index contributed by atoms with van der Waals surface area (Å²) >= 11 is 0. The van der Waals surface area contributed by atoms with Crippen molar-refractivity contribution >= 4 is 5.91 Å². The summed E-state index contributed by atoms with van der Waals surface area (Å²) in [7, 11) is 3.10. The molecule has 0 rings (SSSR count). The zero-order chi connectivity index (χ0) is 11.8. The van der Waals surface area contributed by atoms with Gasteiger partial charge in [-0.25, -0.2) is 0 Å². The number of nitrogens with zero attached hydrogens (tertiary/aromatic N) is 1. The van der Waals surface area contributed by atoms with Gasteiger partial charge in [0.25, 0.3) is 5.91 Å². The van der Waals surface area contributed by atoms with Crippen molar-refractivity contribution in [3.63, 3.8) is 0 Å². The first-order valence-corrected chi connectivity index (χ1v) is 5.10. The Morgan fingerprint density at radius 2 is 2.00 bits per heavy atom. The van der Waals surface area contributed by atoms with E-state index in [0.717, 1.165) is 0 Å². The summed E-state index contributed by atoms with van der Waals surface area (Å²) in [6.45, 7) is 5.19. The summed E-state index contributed by atoms with van der Waals surface area (Å²) in [5.41, 5.74) is 5.45. The van der Waals surface area contributed by atoms with Crippen LogP contribution in [0.25, 0.3) is 0 Å². The van der Waals surface area contributed by atoms with Gasteiger partial charge in [0.2, 0.25) is 0 Å². The number of methoxy groups -OCH3 is 2. The third-order valence-electron chi connectivity index (χ3n) is 2.22. The molecular weight excluding hydrogens is 196 g/mol. The van der Waals surface area contributed by atoms with E-state index in [1.54, 1.807) is 12.0 Å². The molecule has 0 aromatic rings. The number of rotatable bonds is 7. The molecule has 0 saturated heterocycles. The number of amides is 1. The van der Waals surface area contributed by atoms with Crippen LogP contribution < -0.4 is 5.73 Å². The Labute approximate surface area is 91.5 Å². The van der Waals surface area contributed by atoms with E-state index in [0.29, 0.717) is 13.2 Å². The largest absolute Gasteiger partial charge is 0.383 e. The number of carbonyl (C=O) groups excluding carboxylic acids is 1. The van der Waals surface area contributed by atoms with Gasteiger partial charge < -0.3 is 20.1 Å². The van der Waals surface area contributed by atoms with Crippen molar-refractivity contribution in [2.75, 3.05) is 33.9 Å². The van der Waals surface area contributed by atoms with Gasteiger partial charge in [0.1, 0.15) is 6.10 Å². The fraction of sp³-hybridized carbons (Fsp3) is 0.900. The minimum atomic E-state index is -0.552. The molecule has 0 saturated carbocycles. The van der Waals surface area contributed by atoms with Crippen molar-refractivity contribution in [1.82, 2.24) is 4.90 Å². The van der Waals surface area contributed by atoms with Crippen molar-refractivity contribution in [2.24, 2.45) is 5.73 Å². The van der Waals surface area contributed by atoms with E-state index in [9.17, 15) is 4.79 Å². The zero-order valence-electron chi connectivity index (χ0n) is 10.0. The summed E-state index contributed by atoms with van der Waals surface area (Å²) < 4.78 is 9.97. The lowest BCUT2D eigenvalue weighted by atomic mass is 10.2. The molecule has 0 aromatic carbocycles. The van der Waals surface area contributed by atoms with Crippen LogP contribution in [0, 0.1) is 0 Å². The molecule has 0 heterocycles. The normalized spacial score (nSPS) is 12.9. The molecule has 0 spiro atoms. The van der Waals surface area contributed by atoms with Crippen LogP contribution in [0.2, 0.25) is 0 Å². The summed E-state index contributed by atoms with van der Waals surface area (Å²) in [6.07, 6.45) is -0.552. The van der Waals surface area contributed by atoms with Crippen LogP contribution in [0.15, 0.2) is 0 Å². The molecule has 0 aliphatic rings. The van der Waals surface area contributed by atoms with Gasteiger partial charge in [-0.1, -0.05) is 0 Å². The quantitative estimate of drug-likeness (QED) is 0.645. The minimum Gasteiger partial charge on any atom is -0.383 e. The lowest BCUT2D eigenvalue weighted by molar-refractivity contribution is -0.143. The van der Waals surface area contributed by atoms with Gasteiger partial charge in [-0.05, 0) is 13.8 Å². The molecule has 15 heavy (non-hydrogen) atoms. The van der Waals surface area contributed by atoms with E-state index in [1.807, 2.05) is 13.8 Å². The third-order valence-corrected chi connectivity index (χ3v) is 2.22. The molecule has 1 unspecified atom stereocenters. The molecule has 0 aromatic heterocycles. The Kier molecular flexibility index (Phi) is 7.29. The maximum absolute atomic E-state index is 11.9. The first-order valence-electron chi connectivity index (χ1n) is 5.10. The molecule has 1 amide bonds. The van der Waals surface area contributed by atoms with E-state index in [1.165, 1.54) is 7.11 Å². The topological polar surface area (TPSA) is 64.8 Å². The predicted octanol–water partition coefficient (Wildman–Crippen LogP) is -0.156. The van der Waals surface area contributed by atoms with E-state index in [-0.39, 0.29) is 18.5 Å². The van der Waals surface area contributed by atoms with Gasteiger partial charge in [0.15, 0.2) is 0 Å². The van der Waals surface area contributed by atoms with Crippen molar-refractivity contribution in [1.29, 1.82) is 0 Å². The SMILES string of the molecule is COCCN(C(=O)C(CN)OC)C(C)C. The van der Waals surface area contributed by atoms with Crippen LogP contribution in [-0.4, -0.2) is 56.9 Å². The highest BCUT2D eigenvalue weighted by Gasteiger charge is 2.24. The molecule has 5 heteroatoms. The van der Waals surface area contributed by atoms with Crippen LogP contribution in [0.3, 0.4) is 0 Å². The highest BCUT2D eigenvalue weighted by Crippen LogP contribution is 2.03. The Morgan fingerprint density at radius 1 is 1.40 bits per heavy atom. The van der Waals surface area contributed by atoms with E-state index in [2.05, 4.69) is 0 Å². The molecule has 0 radical (unpaired) electrons. The minimum absolute atomic E-state index is 0.0768. The molecule has 5 nitrogen and oxygen atoms in total. The van der Waals surface area contributed by atoms with E-state index >= 15 is 0 Å². The van der Waals surface area contributed by atoms with Gasteiger partial charge in [0.05, 0.1) is 6.61 Å². The lowest BCUT2D eigenvalue weighted by Crippen LogP contribution is -2.48. The second kappa shape index (κ2) is 7.62. The third kappa shape index (κ3) is 4.59. The molecule has 0 aliphatic heterocycles. The Morgan fingerprint density at radius 3 is 2.33 bits per heavy atom. The van der Waals surface area contributed by atoms with E-state index in [4.69, 9.17) is 15.2 Å². The summed E-state index contributed by atoms with van der Waals surface area (Å²) in [5.74, 6) is -0.0768. The fourth-order valence-corrected chi connectivity index (χ4v) is 1.30. The van der Waals surface area contributed by atoms with Gasteiger partial charge in [-0.2, -0.15) is 0 Å². The van der Waals surface area contributed by atoms with Crippen molar-refractivity contribution in [3.05, 3.63) is 0 Å². The summed E-state index contributed by atoms with van der Waals surface area (Å²) in [4.78, 5) is 13.6. The molecular formula is C10H22N2O3. The molecule has 90 valence electrons. The van der Waals surface area contributed by atoms with Gasteiger partial charge in [-0.15, -0.1) is 0 Å². The van der Waals surface area contributed by atoms with Crippen molar-refractivity contribution < 1.29 is 14.3 Å². The smallest absolute Gasteiger partial charge is 0.253 e. The summed E-state index contributed by atoms with van der Waals surface area (Å²) in [5, 5.41) is 0. The average molecular weight is 218 g/mol. The monoisotopic (exact) mass is 218 g/mol. The fourth-order valence-electron chi connectivity index (χ4n) is 1.30. The Bertz CT molecular complexity index is 182. The maximum atomic E-state index is 11.9. The van der Waals surface area contributed by atoms with Crippen LogP contribution in [0.1, 0.15) is 13.8 Å². The predicted molar refractivity (Wildman–Crippen MR) is 58.6 cm³/mol. The summed E-state index contributed by atoms with van der Waals surface area (Å²) in [6, 6.07) is 0.122. The second-order valence-electron chi connectivity index (χ2n) is 3.58. The van der Waals surface area contributed by atoms with Gasteiger partial charge in [0, 0.05) is 33.4 Å². The highest BCUT2D eigenvalue weighted by molar-refractivity contribution is 5.81. The number of hydrogen-bond donors (Lipinski definition) is 1. The Hall–Kier alpha value is -0.650. The molecule has 0 bridgehead atoms. The number of ether oxygens (including phenoxy) is 2. The number of hydrogen-bond acceptors (Lipinski definition) is 4. The molecule has 1 atom stereocenters. The first kappa shape index (κ1) is 14.3. The molecule has 2 N–H and O–H groups in total. The Balaban J connectivity index is 4.39. The molecule has 0 fully saturated rings. The second-order valence-corrected chi connectivity index (χ2v) is 3.58. The van der Waals surface area contributed by atoms with Crippen LogP contribution in [0.5, 0.6) is 0 Å². The average Bonchev–Trinajstić information content (AvgIpc) is 2.19. The van der Waals surface area contributed by atoms with Crippen LogP contribution in [-0.2, 0) is 14.3 Å². The maximum Gasteiger partial charge on any atom is 0.253 e. The lowest BCUT2D eigenvalue weighted by Gasteiger charge is -2.29. The van der Waals surface area contributed by atoms with Crippen molar-refractivity contribution in [3.8, 4) is 0 Å². The van der Waals surface area contributed by atoms with Gasteiger partial charge >= 0.3 is 0 Å². The van der Waals surface area contributed by atoms with E-state index < -0.39 is 6.10 Å². The first-order chi connectivity index (χ1) is 7.08. The number of carbonyl (C=O) groups is 1. The van der Waals surface area contributed by atoms with Crippen LogP contribution >= 0.6 is 0 Å². The highest BCUT2D eigenvalue weighted by atomic mass is 16.5. The van der Waals surface area contributed by atoms with Crippen molar-refractivity contribution in [2.45, 2.75) is 26.0 Å². The van der Waals surface area contributed by atoms with Gasteiger partial charge in [-0.3, -0.25) is 4.79 Å². The zero-order valence-corrected chi connectivity index (χ0v) is 10.0. The standard InChI is InChI=1S/C10H22N2O3/c1-8(2)12(5-6-14-3)10(13)9(7-11)15-4/h8-9H,5-7,11H2,1-4H3. The number of nitrogens with two attached hydrogens (primary N) is 1. The van der Waals surface area contributed by atoms with Crippen LogP contribution in [0.4, 0.5) is 0 Å². The molecule has 0 aliphatic carbocycles.